The van der Waals surface area contributed by atoms with Gasteiger partial charge in [0, 0.05) is 25.9 Å². The number of aliphatic carboxylic acids is 2. The van der Waals surface area contributed by atoms with Crippen molar-refractivity contribution in [3.05, 3.63) is 65.4 Å². The molecule has 242 valence electrons. The summed E-state index contributed by atoms with van der Waals surface area (Å²) in [5.74, 6) is -5.20. The molecule has 0 spiro atoms. The highest BCUT2D eigenvalue weighted by Crippen LogP contribution is 2.30. The molecule has 3 aromatic heterocycles. The molecule has 1 unspecified atom stereocenters. The number of nitrogens with zero attached hydrogens (tertiary/aromatic N) is 6. The van der Waals surface area contributed by atoms with E-state index in [0.717, 1.165) is 33.3 Å². The molecule has 0 aliphatic carbocycles. The fourth-order valence-corrected chi connectivity index (χ4v) is 3.70. The minimum Gasteiger partial charge on any atom is -0.475 e. The Morgan fingerprint density at radius 3 is 1.93 bits per heavy atom. The van der Waals surface area contributed by atoms with Gasteiger partial charge in [-0.1, -0.05) is 18.2 Å². The molecule has 4 aromatic rings. The van der Waals surface area contributed by atoms with Crippen molar-refractivity contribution < 1.29 is 50.9 Å². The smallest absolute Gasteiger partial charge is 0.475 e. The number of halogens is 6. The highest BCUT2D eigenvalue weighted by Gasteiger charge is 2.38. The van der Waals surface area contributed by atoms with Gasteiger partial charge in [0.05, 0.1) is 17.1 Å². The Morgan fingerprint density at radius 2 is 1.47 bits per heavy atom. The molecule has 12 nitrogen and oxygen atoms in total. The first-order chi connectivity index (χ1) is 20.7. The summed E-state index contributed by atoms with van der Waals surface area (Å²) in [6.45, 7) is 6.05. The summed E-state index contributed by atoms with van der Waals surface area (Å²) in [6.07, 6.45) is -6.96. The number of hydrogen-bond acceptors (Lipinski definition) is 8. The lowest BCUT2D eigenvalue weighted by molar-refractivity contribution is -0.193. The topological polar surface area (TPSA) is 177 Å². The number of pyridine rings is 1. The van der Waals surface area contributed by atoms with Crippen molar-refractivity contribution in [1.82, 2.24) is 29.6 Å². The first kappa shape index (κ1) is 35.9. The monoisotopic (exact) mass is 643 g/mol. The Balaban J connectivity index is 0.000000421. The molecule has 0 saturated heterocycles. The molecule has 1 amide bonds. The molecule has 45 heavy (non-hydrogen) atoms. The van der Waals surface area contributed by atoms with Gasteiger partial charge in [-0.05, 0) is 49.6 Å². The number of carbonyl (C=O) groups excluding carboxylic acids is 1. The van der Waals surface area contributed by atoms with E-state index in [9.17, 15) is 31.1 Å². The van der Waals surface area contributed by atoms with Crippen molar-refractivity contribution >= 4 is 34.7 Å². The summed E-state index contributed by atoms with van der Waals surface area (Å²) in [5, 5.41) is 19.7. The van der Waals surface area contributed by atoms with Crippen LogP contribution >= 0.6 is 0 Å². The maximum absolute atomic E-state index is 12.1. The van der Waals surface area contributed by atoms with Gasteiger partial charge in [-0.3, -0.25) is 9.78 Å². The van der Waals surface area contributed by atoms with Crippen LogP contribution in [0.5, 0.6) is 0 Å². The Labute approximate surface area is 251 Å². The number of nitrogens with two attached hydrogens (primary N) is 1. The average Bonchev–Trinajstić information content (AvgIpc) is 3.29. The van der Waals surface area contributed by atoms with Gasteiger partial charge in [0.25, 0.3) is 5.91 Å². The molecule has 4 rings (SSSR count). The average molecular weight is 644 g/mol. The van der Waals surface area contributed by atoms with Crippen molar-refractivity contribution in [3.8, 4) is 11.1 Å². The molecule has 3 heterocycles. The third-order valence-corrected chi connectivity index (χ3v) is 5.99. The van der Waals surface area contributed by atoms with E-state index in [-0.39, 0.29) is 11.9 Å². The van der Waals surface area contributed by atoms with Crippen LogP contribution in [0.3, 0.4) is 0 Å². The van der Waals surface area contributed by atoms with Crippen molar-refractivity contribution in [2.24, 2.45) is 0 Å². The first-order valence-electron chi connectivity index (χ1n) is 12.5. The zero-order valence-corrected chi connectivity index (χ0v) is 24.3. The number of hydrogen-bond donors (Lipinski definition) is 3. The number of benzene rings is 1. The molecule has 0 aliphatic rings. The highest BCUT2D eigenvalue weighted by atomic mass is 19.4. The summed E-state index contributed by atoms with van der Waals surface area (Å²) < 4.78 is 65.4. The zero-order valence-electron chi connectivity index (χ0n) is 24.3. The van der Waals surface area contributed by atoms with Crippen LogP contribution in [0.25, 0.3) is 22.2 Å². The number of carboxylic acids is 2. The summed E-state index contributed by atoms with van der Waals surface area (Å²) in [5.41, 5.74) is 12.2. The lowest BCUT2D eigenvalue weighted by atomic mass is 9.96. The number of alkyl halides is 6. The number of nitrogen functional groups attached to an aromatic ring is 1. The number of carbonyl (C=O) groups is 3. The molecule has 0 aliphatic heterocycles. The predicted molar refractivity (Wildman–Crippen MR) is 148 cm³/mol. The quantitative estimate of drug-likeness (QED) is 0.265. The standard InChI is InChI=1S/C23H25N7O.2C2HF3O2/c1-13-6-7-16(10-18(13)17-8-9-19(25-11-17)23(31)29(4)5)15(3)30-22-20(14(2)28-30)21(24)26-12-27-22;2*3-2(4,5)1(6)7/h6-12,15H,1-5H3,(H2,24,26,27);2*(H,6,7). The van der Waals surface area contributed by atoms with Gasteiger partial charge in [-0.15, -0.1) is 0 Å². The van der Waals surface area contributed by atoms with Gasteiger partial charge in [0.2, 0.25) is 0 Å². The van der Waals surface area contributed by atoms with E-state index in [1.165, 1.54) is 11.2 Å². The van der Waals surface area contributed by atoms with Crippen molar-refractivity contribution in [2.75, 3.05) is 19.8 Å². The zero-order chi connectivity index (χ0) is 34.4. The number of rotatable bonds is 4. The van der Waals surface area contributed by atoms with E-state index in [0.29, 0.717) is 17.2 Å². The van der Waals surface area contributed by atoms with Gasteiger partial charge < -0.3 is 20.8 Å². The maximum atomic E-state index is 12.1. The van der Waals surface area contributed by atoms with E-state index in [2.05, 4.69) is 52.1 Å². The number of anilines is 1. The van der Waals surface area contributed by atoms with E-state index >= 15 is 0 Å². The van der Waals surface area contributed by atoms with Gasteiger partial charge in [-0.25, -0.2) is 24.2 Å². The van der Waals surface area contributed by atoms with Gasteiger partial charge in [0.15, 0.2) is 5.65 Å². The minimum atomic E-state index is -5.08. The molecule has 1 aromatic carbocycles. The van der Waals surface area contributed by atoms with E-state index < -0.39 is 24.3 Å². The number of carboxylic acid groups (broad SMARTS) is 2. The van der Waals surface area contributed by atoms with Gasteiger partial charge in [0.1, 0.15) is 17.8 Å². The van der Waals surface area contributed by atoms with Gasteiger partial charge in [-0.2, -0.15) is 31.4 Å². The molecule has 0 bridgehead atoms. The fourth-order valence-electron chi connectivity index (χ4n) is 3.70. The van der Waals surface area contributed by atoms with Crippen molar-refractivity contribution in [1.29, 1.82) is 0 Å². The van der Waals surface area contributed by atoms with Crippen LogP contribution in [0.2, 0.25) is 0 Å². The van der Waals surface area contributed by atoms with Crippen LogP contribution in [0.4, 0.5) is 32.2 Å². The van der Waals surface area contributed by atoms with E-state index in [1.54, 1.807) is 26.4 Å². The Morgan fingerprint density at radius 1 is 0.911 bits per heavy atom. The molecule has 0 radical (unpaired) electrons. The summed E-state index contributed by atoms with van der Waals surface area (Å²) in [7, 11) is 3.43. The lowest BCUT2D eigenvalue weighted by Gasteiger charge is -2.16. The van der Waals surface area contributed by atoms with Crippen molar-refractivity contribution in [2.45, 2.75) is 39.2 Å². The minimum absolute atomic E-state index is 0.0626. The second-order valence-corrected chi connectivity index (χ2v) is 9.48. The lowest BCUT2D eigenvalue weighted by Crippen LogP contribution is -2.22. The van der Waals surface area contributed by atoms with Crippen LogP contribution < -0.4 is 5.73 Å². The number of aryl methyl sites for hydroxylation is 2. The van der Waals surface area contributed by atoms with Crippen LogP contribution in [0, 0.1) is 13.8 Å². The third-order valence-electron chi connectivity index (χ3n) is 5.99. The first-order valence-corrected chi connectivity index (χ1v) is 12.5. The highest BCUT2D eigenvalue weighted by molar-refractivity contribution is 5.92. The predicted octanol–water partition coefficient (Wildman–Crippen LogP) is 4.67. The van der Waals surface area contributed by atoms with E-state index in [4.69, 9.17) is 25.5 Å². The number of amides is 1. The number of fused-ring (bicyclic) bond motifs is 1. The molecular formula is C27H27F6N7O5. The molecule has 4 N–H and O–H groups in total. The Bertz CT molecular complexity index is 1660. The molecule has 1 atom stereocenters. The molecule has 0 fully saturated rings. The Hall–Kier alpha value is -5.29. The normalized spacial score (nSPS) is 11.9. The van der Waals surface area contributed by atoms with Crippen LogP contribution in [-0.4, -0.2) is 84.1 Å². The molecule has 18 heteroatoms. The number of aromatic nitrogens is 5. The molecular weight excluding hydrogens is 616 g/mol. The summed E-state index contributed by atoms with van der Waals surface area (Å²) in [4.78, 5) is 44.3. The summed E-state index contributed by atoms with van der Waals surface area (Å²) >= 11 is 0. The van der Waals surface area contributed by atoms with Crippen LogP contribution in [0.15, 0.2) is 42.9 Å². The van der Waals surface area contributed by atoms with Crippen molar-refractivity contribution in [3.63, 3.8) is 0 Å². The van der Waals surface area contributed by atoms with Crippen LogP contribution in [0.1, 0.15) is 40.3 Å². The van der Waals surface area contributed by atoms with E-state index in [1.807, 2.05) is 17.7 Å². The maximum Gasteiger partial charge on any atom is 0.490 e. The SMILES string of the molecule is Cc1ccc(C(C)n2nc(C)c3c(N)ncnc32)cc1-c1ccc(C(=O)N(C)C)nc1.O=C(O)C(F)(F)F.O=C(O)C(F)(F)F. The summed E-state index contributed by atoms with van der Waals surface area (Å²) in [6, 6.07) is 9.94. The fraction of sp³-hybridized carbons (Fsp3) is 0.296. The third kappa shape index (κ3) is 9.10. The Kier molecular flexibility index (Phi) is 11.2. The largest absolute Gasteiger partial charge is 0.490 e. The second kappa shape index (κ2) is 14.0. The van der Waals surface area contributed by atoms with Gasteiger partial charge >= 0.3 is 24.3 Å². The van der Waals surface area contributed by atoms with Crippen LogP contribution in [-0.2, 0) is 9.59 Å². The second-order valence-electron chi connectivity index (χ2n) is 9.48. The molecule has 0 saturated carbocycles.